The zero-order chi connectivity index (χ0) is 19.5. The molecule has 0 saturated heterocycles. The maximum atomic E-state index is 11.9. The van der Waals surface area contributed by atoms with E-state index in [0.29, 0.717) is 23.2 Å². The number of esters is 1. The number of allylic oxidation sites excluding steroid dienone is 2. The Kier molecular flexibility index (Phi) is 4.26. The number of rotatable bonds is 2. The summed E-state index contributed by atoms with van der Waals surface area (Å²) < 4.78 is 8.22. The Bertz CT molecular complexity index is 785. The van der Waals surface area contributed by atoms with Crippen LogP contribution < -0.4 is 0 Å². The molecule has 4 heteroatoms. The average molecular weight is 383 g/mol. The highest BCUT2D eigenvalue weighted by molar-refractivity contribution is 5.66. The number of imidazole rings is 1. The summed E-state index contributed by atoms with van der Waals surface area (Å²) in [6.45, 7) is 6.60. The summed E-state index contributed by atoms with van der Waals surface area (Å²) in [5.41, 5.74) is 1.98. The van der Waals surface area contributed by atoms with E-state index in [4.69, 9.17) is 4.74 Å². The van der Waals surface area contributed by atoms with Crippen LogP contribution in [0.3, 0.4) is 0 Å². The van der Waals surface area contributed by atoms with Gasteiger partial charge in [0.15, 0.2) is 0 Å². The molecule has 3 saturated carbocycles. The second kappa shape index (κ2) is 6.47. The van der Waals surface area contributed by atoms with Crippen molar-refractivity contribution in [3.63, 3.8) is 0 Å². The minimum atomic E-state index is -0.0985. The van der Waals surface area contributed by atoms with Gasteiger partial charge in [0, 0.05) is 36.3 Å². The summed E-state index contributed by atoms with van der Waals surface area (Å²) >= 11 is 0. The molecule has 4 aliphatic rings. The first kappa shape index (κ1) is 18.4. The van der Waals surface area contributed by atoms with Crippen molar-refractivity contribution in [1.29, 1.82) is 0 Å². The van der Waals surface area contributed by atoms with Crippen molar-refractivity contribution >= 4 is 11.7 Å². The summed E-state index contributed by atoms with van der Waals surface area (Å²) in [5.74, 6) is 2.54. The van der Waals surface area contributed by atoms with Crippen molar-refractivity contribution in [2.75, 3.05) is 0 Å². The van der Waals surface area contributed by atoms with E-state index in [9.17, 15) is 4.79 Å². The molecular weight excluding hydrogens is 348 g/mol. The van der Waals surface area contributed by atoms with Crippen molar-refractivity contribution in [2.24, 2.45) is 34.5 Å². The Balaban J connectivity index is 1.49. The first-order valence-electron chi connectivity index (χ1n) is 11.3. The molecular formula is C24H34N2O2. The van der Waals surface area contributed by atoms with Crippen molar-refractivity contribution in [2.45, 2.75) is 78.2 Å². The lowest BCUT2D eigenvalue weighted by Gasteiger charge is -2.61. The SMILES string of the molecule is CC(=O)OC1C[C@@H]2[C@H](CC[C@]3(C)C(n4ccnc4)=CC[C@@H]23)[C@@]2(C)CCCCC12. The largest absolute Gasteiger partial charge is 0.462 e. The lowest BCUT2D eigenvalue weighted by atomic mass is 9.44. The molecule has 2 unspecified atom stereocenters. The van der Waals surface area contributed by atoms with Gasteiger partial charge in [-0.3, -0.25) is 4.79 Å². The Labute approximate surface area is 168 Å². The molecule has 28 heavy (non-hydrogen) atoms. The van der Waals surface area contributed by atoms with Crippen LogP contribution in [0.15, 0.2) is 24.8 Å². The highest BCUT2D eigenvalue weighted by Crippen LogP contribution is 2.67. The maximum absolute atomic E-state index is 11.9. The van der Waals surface area contributed by atoms with Crippen molar-refractivity contribution < 1.29 is 9.53 Å². The smallest absolute Gasteiger partial charge is 0.302 e. The van der Waals surface area contributed by atoms with Gasteiger partial charge in [-0.2, -0.15) is 0 Å². The average Bonchev–Trinajstić information content (AvgIpc) is 3.28. The van der Waals surface area contributed by atoms with Crippen LogP contribution in [0, 0.1) is 34.5 Å². The zero-order valence-electron chi connectivity index (χ0n) is 17.6. The normalized spacial score (nSPS) is 44.8. The Morgan fingerprint density at radius 1 is 1.18 bits per heavy atom. The molecule has 3 fully saturated rings. The quantitative estimate of drug-likeness (QED) is 0.651. The number of nitrogens with zero attached hydrogens (tertiary/aromatic N) is 2. The first-order valence-corrected chi connectivity index (χ1v) is 11.3. The molecule has 1 aromatic rings. The van der Waals surface area contributed by atoms with Gasteiger partial charge in [0.25, 0.3) is 0 Å². The second-order valence-corrected chi connectivity index (χ2v) is 10.4. The molecule has 0 N–H and O–H groups in total. The summed E-state index contributed by atoms with van der Waals surface area (Å²) in [7, 11) is 0. The second-order valence-electron chi connectivity index (χ2n) is 10.4. The lowest BCUT2D eigenvalue weighted by Crippen LogP contribution is -2.57. The molecule has 0 aliphatic heterocycles. The van der Waals surface area contributed by atoms with Crippen molar-refractivity contribution in [3.05, 3.63) is 24.8 Å². The summed E-state index contributed by atoms with van der Waals surface area (Å²) in [6.07, 6.45) is 18.5. The number of carbonyl (C=O) groups is 1. The van der Waals surface area contributed by atoms with Crippen molar-refractivity contribution in [3.8, 4) is 0 Å². The van der Waals surface area contributed by atoms with Gasteiger partial charge in [0.2, 0.25) is 0 Å². The van der Waals surface area contributed by atoms with E-state index in [1.165, 1.54) is 44.2 Å². The molecule has 152 valence electrons. The van der Waals surface area contributed by atoms with Crippen LogP contribution in [-0.4, -0.2) is 21.6 Å². The minimum absolute atomic E-state index is 0.0985. The van der Waals surface area contributed by atoms with Gasteiger partial charge >= 0.3 is 5.97 Å². The van der Waals surface area contributed by atoms with Gasteiger partial charge in [-0.15, -0.1) is 0 Å². The summed E-state index contributed by atoms with van der Waals surface area (Å²) in [4.78, 5) is 16.2. The zero-order valence-corrected chi connectivity index (χ0v) is 17.6. The Morgan fingerprint density at radius 3 is 2.79 bits per heavy atom. The maximum Gasteiger partial charge on any atom is 0.302 e. The Hall–Kier alpha value is -1.58. The predicted octanol–water partition coefficient (Wildman–Crippen LogP) is 5.31. The van der Waals surface area contributed by atoms with E-state index in [0.717, 1.165) is 18.8 Å². The van der Waals surface area contributed by atoms with E-state index in [1.807, 2.05) is 12.5 Å². The molecule has 0 bridgehead atoms. The molecule has 1 heterocycles. The number of ether oxygens (including phenoxy) is 1. The standard InChI is InChI=1S/C24H34N2O2/c1-16(27)28-21-14-17-18-7-8-22(26-13-12-25-15-26)24(18,3)11-9-19(17)23(2)10-5-4-6-20(21)23/h8,12-13,15,17-21H,4-7,9-11,14H2,1-3H3/t17-,18-,19-,20?,21?,23+,24-/m0/s1. The molecule has 1 aromatic heterocycles. The van der Waals surface area contributed by atoms with Crippen LogP contribution in [0.5, 0.6) is 0 Å². The number of carbonyl (C=O) groups excluding carboxylic acids is 1. The van der Waals surface area contributed by atoms with Crippen molar-refractivity contribution in [1.82, 2.24) is 9.55 Å². The predicted molar refractivity (Wildman–Crippen MR) is 109 cm³/mol. The highest BCUT2D eigenvalue weighted by atomic mass is 16.5. The van der Waals surface area contributed by atoms with Gasteiger partial charge in [-0.05, 0) is 61.7 Å². The topological polar surface area (TPSA) is 44.1 Å². The molecule has 0 amide bonds. The molecule has 7 atom stereocenters. The first-order chi connectivity index (χ1) is 13.4. The Morgan fingerprint density at radius 2 is 2.04 bits per heavy atom. The van der Waals surface area contributed by atoms with E-state index in [-0.39, 0.29) is 17.5 Å². The van der Waals surface area contributed by atoms with E-state index in [1.54, 1.807) is 6.92 Å². The van der Waals surface area contributed by atoms with Gasteiger partial charge in [0.05, 0.1) is 6.33 Å². The van der Waals surface area contributed by atoms with Crippen LogP contribution in [-0.2, 0) is 9.53 Å². The monoisotopic (exact) mass is 382 g/mol. The van der Waals surface area contributed by atoms with Gasteiger partial charge in [-0.1, -0.05) is 32.8 Å². The molecule has 0 aromatic carbocycles. The number of aromatic nitrogens is 2. The summed E-state index contributed by atoms with van der Waals surface area (Å²) in [5, 5.41) is 0. The third-order valence-corrected chi connectivity index (χ3v) is 9.20. The highest BCUT2D eigenvalue weighted by Gasteiger charge is 2.61. The molecule has 0 spiro atoms. The van der Waals surface area contributed by atoms with Crippen LogP contribution in [0.4, 0.5) is 0 Å². The number of hydrogen-bond donors (Lipinski definition) is 0. The van der Waals surface area contributed by atoms with Crippen LogP contribution in [0.2, 0.25) is 0 Å². The van der Waals surface area contributed by atoms with Gasteiger partial charge in [-0.25, -0.2) is 4.98 Å². The fraction of sp³-hybridized carbons (Fsp3) is 0.750. The number of fused-ring (bicyclic) bond motifs is 5. The van der Waals surface area contributed by atoms with Gasteiger partial charge < -0.3 is 9.30 Å². The van der Waals surface area contributed by atoms with Crippen LogP contribution in [0.1, 0.15) is 72.1 Å². The molecule has 5 rings (SSSR count). The number of hydrogen-bond acceptors (Lipinski definition) is 3. The summed E-state index contributed by atoms with van der Waals surface area (Å²) in [6, 6.07) is 0. The third-order valence-electron chi connectivity index (χ3n) is 9.20. The van der Waals surface area contributed by atoms with E-state index >= 15 is 0 Å². The van der Waals surface area contributed by atoms with E-state index < -0.39 is 0 Å². The third kappa shape index (κ3) is 2.55. The van der Waals surface area contributed by atoms with E-state index in [2.05, 4.69) is 35.7 Å². The molecule has 4 nitrogen and oxygen atoms in total. The lowest BCUT2D eigenvalue weighted by molar-refractivity contribution is -0.180. The van der Waals surface area contributed by atoms with Crippen LogP contribution in [0.25, 0.3) is 5.70 Å². The fourth-order valence-corrected chi connectivity index (χ4v) is 8.01. The van der Waals surface area contributed by atoms with Gasteiger partial charge in [0.1, 0.15) is 6.10 Å². The van der Waals surface area contributed by atoms with Crippen LogP contribution >= 0.6 is 0 Å². The minimum Gasteiger partial charge on any atom is -0.462 e. The fourth-order valence-electron chi connectivity index (χ4n) is 8.01. The molecule has 0 radical (unpaired) electrons. The molecule has 4 aliphatic carbocycles.